The van der Waals surface area contributed by atoms with Crippen LogP contribution >= 0.6 is 15.9 Å². The highest BCUT2D eigenvalue weighted by Gasteiger charge is 2.10. The maximum Gasteiger partial charge on any atom is 0.321 e. The predicted octanol–water partition coefficient (Wildman–Crippen LogP) is 4.85. The standard InChI is InChI=1S/C18H21BrN2O/c1-14-10-11-17(16(19)13-14)20-18(22)21(2)12-6-9-15-7-4-3-5-8-15/h3-5,7-8,10-11,13H,6,9,12H2,1-2H3,(H,20,22). The highest BCUT2D eigenvalue weighted by atomic mass is 79.9. The molecule has 0 heterocycles. The van der Waals surface area contributed by atoms with Gasteiger partial charge in [0.05, 0.1) is 5.69 Å². The summed E-state index contributed by atoms with van der Waals surface area (Å²) in [4.78, 5) is 13.9. The summed E-state index contributed by atoms with van der Waals surface area (Å²) in [6.45, 7) is 2.75. The van der Waals surface area contributed by atoms with Crippen LogP contribution in [0.3, 0.4) is 0 Å². The van der Waals surface area contributed by atoms with Gasteiger partial charge in [-0.1, -0.05) is 36.4 Å². The Morgan fingerprint density at radius 1 is 1.18 bits per heavy atom. The molecule has 0 unspecified atom stereocenters. The maximum absolute atomic E-state index is 12.2. The van der Waals surface area contributed by atoms with Crippen molar-refractivity contribution >= 4 is 27.6 Å². The van der Waals surface area contributed by atoms with Crippen molar-refractivity contribution in [2.75, 3.05) is 18.9 Å². The van der Waals surface area contributed by atoms with Crippen LogP contribution in [0, 0.1) is 6.92 Å². The second kappa shape index (κ2) is 7.99. The number of hydrogen-bond acceptors (Lipinski definition) is 1. The number of nitrogens with one attached hydrogen (secondary N) is 1. The molecule has 0 saturated heterocycles. The van der Waals surface area contributed by atoms with Gasteiger partial charge in [-0.2, -0.15) is 0 Å². The molecule has 0 spiro atoms. The van der Waals surface area contributed by atoms with Crippen LogP contribution in [0.4, 0.5) is 10.5 Å². The first-order chi connectivity index (χ1) is 10.6. The van der Waals surface area contributed by atoms with Crippen molar-refractivity contribution in [1.82, 2.24) is 4.90 Å². The number of halogens is 1. The van der Waals surface area contributed by atoms with Crippen molar-refractivity contribution in [2.45, 2.75) is 19.8 Å². The second-order valence-electron chi connectivity index (χ2n) is 5.42. The summed E-state index contributed by atoms with van der Waals surface area (Å²) in [6.07, 6.45) is 1.93. The topological polar surface area (TPSA) is 32.3 Å². The fourth-order valence-electron chi connectivity index (χ4n) is 2.20. The Labute approximate surface area is 140 Å². The van der Waals surface area contributed by atoms with Crippen molar-refractivity contribution in [3.63, 3.8) is 0 Å². The van der Waals surface area contributed by atoms with Gasteiger partial charge < -0.3 is 10.2 Å². The molecule has 1 N–H and O–H groups in total. The molecular weight excluding hydrogens is 340 g/mol. The van der Waals surface area contributed by atoms with Gasteiger partial charge in [0.1, 0.15) is 0 Å². The van der Waals surface area contributed by atoms with E-state index in [4.69, 9.17) is 0 Å². The van der Waals surface area contributed by atoms with E-state index in [1.807, 2.05) is 50.4 Å². The quantitative estimate of drug-likeness (QED) is 0.811. The molecule has 0 radical (unpaired) electrons. The summed E-state index contributed by atoms with van der Waals surface area (Å²) >= 11 is 3.47. The number of benzene rings is 2. The Morgan fingerprint density at radius 2 is 1.91 bits per heavy atom. The average Bonchev–Trinajstić information content (AvgIpc) is 2.51. The van der Waals surface area contributed by atoms with Crippen molar-refractivity contribution in [3.05, 3.63) is 64.1 Å². The van der Waals surface area contributed by atoms with Crippen LogP contribution in [0.25, 0.3) is 0 Å². The van der Waals surface area contributed by atoms with E-state index in [0.29, 0.717) is 0 Å². The van der Waals surface area contributed by atoms with Crippen LogP contribution in [-0.2, 0) is 6.42 Å². The van der Waals surface area contributed by atoms with Gasteiger partial charge in [0.25, 0.3) is 0 Å². The number of amides is 2. The zero-order valence-electron chi connectivity index (χ0n) is 13.0. The van der Waals surface area contributed by atoms with Crippen molar-refractivity contribution in [1.29, 1.82) is 0 Å². The Hall–Kier alpha value is -1.81. The number of carbonyl (C=O) groups is 1. The highest BCUT2D eigenvalue weighted by molar-refractivity contribution is 9.10. The minimum atomic E-state index is -0.0855. The molecule has 22 heavy (non-hydrogen) atoms. The minimum absolute atomic E-state index is 0.0855. The Balaban J connectivity index is 1.82. The van der Waals surface area contributed by atoms with Crippen LogP contribution < -0.4 is 5.32 Å². The van der Waals surface area contributed by atoms with Gasteiger partial charge >= 0.3 is 6.03 Å². The van der Waals surface area contributed by atoms with E-state index in [0.717, 1.165) is 35.1 Å². The molecule has 0 bridgehead atoms. The van der Waals surface area contributed by atoms with Crippen molar-refractivity contribution in [3.8, 4) is 0 Å². The van der Waals surface area contributed by atoms with Crippen molar-refractivity contribution in [2.24, 2.45) is 0 Å². The average molecular weight is 361 g/mol. The fourth-order valence-corrected chi connectivity index (χ4v) is 2.79. The molecule has 0 aromatic heterocycles. The Bertz CT molecular complexity index is 628. The molecule has 2 rings (SSSR count). The molecule has 0 aliphatic rings. The third-order valence-corrected chi connectivity index (χ3v) is 4.17. The Kier molecular flexibility index (Phi) is 6.01. The summed E-state index contributed by atoms with van der Waals surface area (Å²) in [7, 11) is 1.82. The van der Waals surface area contributed by atoms with E-state index in [1.165, 1.54) is 5.56 Å². The molecule has 0 aliphatic heterocycles. The molecule has 116 valence electrons. The monoisotopic (exact) mass is 360 g/mol. The third kappa shape index (κ3) is 4.88. The van der Waals surface area contributed by atoms with E-state index in [9.17, 15) is 4.79 Å². The lowest BCUT2D eigenvalue weighted by Gasteiger charge is -2.18. The van der Waals surface area contributed by atoms with Gasteiger partial charge in [-0.3, -0.25) is 0 Å². The lowest BCUT2D eigenvalue weighted by atomic mass is 10.1. The van der Waals surface area contributed by atoms with E-state index >= 15 is 0 Å². The fraction of sp³-hybridized carbons (Fsp3) is 0.278. The number of urea groups is 1. The summed E-state index contributed by atoms with van der Waals surface area (Å²) in [5, 5.41) is 2.93. The van der Waals surface area contributed by atoms with Crippen LogP contribution in [-0.4, -0.2) is 24.5 Å². The number of rotatable bonds is 5. The van der Waals surface area contributed by atoms with Gasteiger partial charge in [-0.15, -0.1) is 0 Å². The Morgan fingerprint density at radius 3 is 2.59 bits per heavy atom. The van der Waals surface area contributed by atoms with Gasteiger partial charge in [0.2, 0.25) is 0 Å². The summed E-state index contributed by atoms with van der Waals surface area (Å²) in [5.41, 5.74) is 3.25. The maximum atomic E-state index is 12.2. The smallest absolute Gasteiger partial charge is 0.321 e. The summed E-state index contributed by atoms with van der Waals surface area (Å²) < 4.78 is 0.901. The number of aryl methyl sites for hydroxylation is 2. The number of hydrogen-bond donors (Lipinski definition) is 1. The first kappa shape index (κ1) is 16.6. The number of nitrogens with zero attached hydrogens (tertiary/aromatic N) is 1. The molecule has 3 nitrogen and oxygen atoms in total. The van der Waals surface area contributed by atoms with Gasteiger partial charge in [0.15, 0.2) is 0 Å². The molecule has 2 aromatic rings. The van der Waals surface area contributed by atoms with E-state index in [1.54, 1.807) is 4.90 Å². The lowest BCUT2D eigenvalue weighted by Crippen LogP contribution is -2.32. The van der Waals surface area contributed by atoms with Crippen LogP contribution in [0.2, 0.25) is 0 Å². The minimum Gasteiger partial charge on any atom is -0.328 e. The van der Waals surface area contributed by atoms with Gasteiger partial charge in [-0.25, -0.2) is 4.79 Å². The molecule has 0 fully saturated rings. The summed E-state index contributed by atoms with van der Waals surface area (Å²) in [5.74, 6) is 0. The molecule has 0 saturated carbocycles. The zero-order valence-corrected chi connectivity index (χ0v) is 14.6. The number of anilines is 1. The third-order valence-electron chi connectivity index (χ3n) is 3.51. The normalized spacial score (nSPS) is 10.3. The molecule has 0 aliphatic carbocycles. The molecule has 4 heteroatoms. The molecule has 2 aromatic carbocycles. The van der Waals surface area contributed by atoms with E-state index in [2.05, 4.69) is 33.4 Å². The van der Waals surface area contributed by atoms with Crippen LogP contribution in [0.5, 0.6) is 0 Å². The first-order valence-electron chi connectivity index (χ1n) is 7.38. The number of carbonyl (C=O) groups excluding carboxylic acids is 1. The van der Waals surface area contributed by atoms with Crippen LogP contribution in [0.1, 0.15) is 17.5 Å². The van der Waals surface area contributed by atoms with E-state index in [-0.39, 0.29) is 6.03 Å². The van der Waals surface area contributed by atoms with Gasteiger partial charge in [0, 0.05) is 18.1 Å². The van der Waals surface area contributed by atoms with Gasteiger partial charge in [-0.05, 0) is 59.0 Å². The zero-order chi connectivity index (χ0) is 15.9. The second-order valence-corrected chi connectivity index (χ2v) is 6.28. The molecular formula is C18H21BrN2O. The molecule has 0 atom stereocenters. The van der Waals surface area contributed by atoms with E-state index < -0.39 is 0 Å². The highest BCUT2D eigenvalue weighted by Crippen LogP contribution is 2.23. The SMILES string of the molecule is Cc1ccc(NC(=O)N(C)CCCc2ccccc2)c(Br)c1. The van der Waals surface area contributed by atoms with Crippen molar-refractivity contribution < 1.29 is 4.79 Å². The predicted molar refractivity (Wildman–Crippen MR) is 95.3 cm³/mol. The summed E-state index contributed by atoms with van der Waals surface area (Å²) in [6, 6.07) is 16.1. The lowest BCUT2D eigenvalue weighted by molar-refractivity contribution is 0.222. The first-order valence-corrected chi connectivity index (χ1v) is 8.18. The molecule has 2 amide bonds. The van der Waals surface area contributed by atoms with Crippen LogP contribution in [0.15, 0.2) is 53.0 Å². The largest absolute Gasteiger partial charge is 0.328 e.